The Morgan fingerprint density at radius 1 is 1.53 bits per heavy atom. The van der Waals surface area contributed by atoms with Gasteiger partial charge in [0, 0.05) is 6.54 Å². The Hall–Kier alpha value is -1.69. The summed E-state index contributed by atoms with van der Waals surface area (Å²) < 4.78 is 0. The molecule has 1 atom stereocenters. The van der Waals surface area contributed by atoms with Crippen LogP contribution in [0, 0.1) is 5.92 Å². The molecule has 2 heterocycles. The van der Waals surface area contributed by atoms with Gasteiger partial charge in [0.1, 0.15) is 5.82 Å². The van der Waals surface area contributed by atoms with Crippen molar-refractivity contribution in [1.29, 1.82) is 0 Å². The van der Waals surface area contributed by atoms with Crippen molar-refractivity contribution in [3.8, 4) is 0 Å². The van der Waals surface area contributed by atoms with Gasteiger partial charge in [0.25, 0.3) is 5.91 Å². The van der Waals surface area contributed by atoms with Crippen LogP contribution in [0.3, 0.4) is 0 Å². The molecule has 0 aromatic carbocycles. The number of hydrogen-bond acceptors (Lipinski definition) is 5. The lowest BCUT2D eigenvalue weighted by molar-refractivity contribution is 0.0994. The molecule has 0 saturated carbocycles. The van der Waals surface area contributed by atoms with E-state index in [2.05, 4.69) is 20.8 Å². The van der Waals surface area contributed by atoms with Crippen LogP contribution in [0.25, 0.3) is 0 Å². The van der Waals surface area contributed by atoms with Crippen molar-refractivity contribution in [1.82, 2.24) is 15.5 Å². The number of carbonyl (C=O) groups is 1. The minimum absolute atomic E-state index is 0.190. The fraction of sp³-hybridized carbons (Fsp3) is 0.545. The van der Waals surface area contributed by atoms with Gasteiger partial charge in [-0.1, -0.05) is 0 Å². The van der Waals surface area contributed by atoms with Gasteiger partial charge in [-0.2, -0.15) is 0 Å². The molecule has 4 N–H and O–H groups in total. The lowest BCUT2D eigenvalue weighted by atomic mass is 10.1. The van der Waals surface area contributed by atoms with Crippen molar-refractivity contribution < 1.29 is 4.79 Å². The van der Waals surface area contributed by atoms with Crippen LogP contribution in [0.2, 0.25) is 0 Å². The zero-order valence-electron chi connectivity index (χ0n) is 9.65. The highest BCUT2D eigenvalue weighted by molar-refractivity contribution is 5.90. The first-order valence-corrected chi connectivity index (χ1v) is 5.84. The molecule has 2 rings (SSSR count). The van der Waals surface area contributed by atoms with Gasteiger partial charge >= 0.3 is 0 Å². The number of nitrogens with one attached hydrogen (secondary N) is 2. The van der Waals surface area contributed by atoms with Crippen LogP contribution < -0.4 is 16.4 Å². The zero-order chi connectivity index (χ0) is 12.1. The molecule has 1 amide bonds. The third kappa shape index (κ3) is 3.39. The Morgan fingerprint density at radius 3 is 3.00 bits per heavy atom. The second-order valence-electron chi connectivity index (χ2n) is 4.24. The molecular weight excluding hydrogens is 218 g/mol. The lowest BCUT2D eigenvalue weighted by Gasteiger charge is -2.09. The number of anilines is 1. The Kier molecular flexibility index (Phi) is 3.87. The Bertz CT molecular complexity index is 372. The first kappa shape index (κ1) is 11.8. The average Bonchev–Trinajstić information content (AvgIpc) is 2.83. The van der Waals surface area contributed by atoms with Gasteiger partial charge in [-0.3, -0.25) is 4.79 Å². The van der Waals surface area contributed by atoms with Gasteiger partial charge in [0.2, 0.25) is 0 Å². The summed E-state index contributed by atoms with van der Waals surface area (Å²) in [4.78, 5) is 10.8. The van der Waals surface area contributed by atoms with E-state index in [4.69, 9.17) is 5.73 Å². The predicted octanol–water partition coefficient (Wildman–Crippen LogP) is -0.0130. The van der Waals surface area contributed by atoms with Crippen LogP contribution in [-0.4, -0.2) is 35.7 Å². The average molecular weight is 235 g/mol. The molecule has 1 aliphatic rings. The van der Waals surface area contributed by atoms with E-state index in [1.807, 2.05) is 0 Å². The first-order chi connectivity index (χ1) is 8.25. The van der Waals surface area contributed by atoms with E-state index in [9.17, 15) is 4.79 Å². The molecule has 0 radical (unpaired) electrons. The zero-order valence-corrected chi connectivity index (χ0v) is 9.65. The van der Waals surface area contributed by atoms with E-state index < -0.39 is 5.91 Å². The summed E-state index contributed by atoms with van der Waals surface area (Å²) in [5, 5.41) is 14.1. The van der Waals surface area contributed by atoms with Crippen molar-refractivity contribution in [2.24, 2.45) is 11.7 Å². The minimum atomic E-state index is -0.555. The molecule has 1 aliphatic heterocycles. The summed E-state index contributed by atoms with van der Waals surface area (Å²) in [5.41, 5.74) is 5.27. The van der Waals surface area contributed by atoms with Crippen molar-refractivity contribution >= 4 is 11.7 Å². The van der Waals surface area contributed by atoms with Crippen molar-refractivity contribution in [3.63, 3.8) is 0 Å². The SMILES string of the molecule is NC(=O)c1ccc(NCCC2CCNC2)nn1. The topological polar surface area (TPSA) is 92.9 Å². The fourth-order valence-corrected chi connectivity index (χ4v) is 1.92. The number of primary amides is 1. The van der Waals surface area contributed by atoms with Gasteiger partial charge in [-0.05, 0) is 44.0 Å². The first-order valence-electron chi connectivity index (χ1n) is 5.84. The maximum Gasteiger partial charge on any atom is 0.269 e. The number of rotatable bonds is 5. The summed E-state index contributed by atoms with van der Waals surface area (Å²) in [7, 11) is 0. The number of nitrogens with two attached hydrogens (primary N) is 1. The lowest BCUT2D eigenvalue weighted by Crippen LogP contribution is -2.15. The second kappa shape index (κ2) is 5.58. The molecule has 0 bridgehead atoms. The Balaban J connectivity index is 1.76. The summed E-state index contributed by atoms with van der Waals surface area (Å²) in [5.74, 6) is 0.877. The van der Waals surface area contributed by atoms with E-state index in [1.165, 1.54) is 6.42 Å². The summed E-state index contributed by atoms with van der Waals surface area (Å²) in [6, 6.07) is 3.30. The maximum absolute atomic E-state index is 10.8. The molecule has 1 saturated heterocycles. The monoisotopic (exact) mass is 235 g/mol. The molecule has 1 aromatic rings. The standard InChI is InChI=1S/C11H17N5O/c12-11(17)9-1-2-10(16-15-9)14-6-4-8-3-5-13-7-8/h1-2,8,13H,3-7H2,(H2,12,17)(H,14,16). The summed E-state index contributed by atoms with van der Waals surface area (Å²) in [6.07, 6.45) is 2.36. The van der Waals surface area contributed by atoms with E-state index in [1.54, 1.807) is 12.1 Å². The van der Waals surface area contributed by atoms with E-state index in [-0.39, 0.29) is 5.69 Å². The molecule has 6 heteroatoms. The summed E-state index contributed by atoms with van der Waals surface area (Å²) >= 11 is 0. The quantitative estimate of drug-likeness (QED) is 0.667. The minimum Gasteiger partial charge on any atom is -0.369 e. The fourth-order valence-electron chi connectivity index (χ4n) is 1.92. The number of aromatic nitrogens is 2. The van der Waals surface area contributed by atoms with Gasteiger partial charge in [0.05, 0.1) is 0 Å². The largest absolute Gasteiger partial charge is 0.369 e. The number of carbonyl (C=O) groups excluding carboxylic acids is 1. The number of amides is 1. The highest BCUT2D eigenvalue weighted by atomic mass is 16.1. The van der Waals surface area contributed by atoms with Gasteiger partial charge in [0.15, 0.2) is 5.69 Å². The van der Waals surface area contributed by atoms with Gasteiger partial charge < -0.3 is 16.4 Å². The molecule has 0 spiro atoms. The molecule has 0 aliphatic carbocycles. The van der Waals surface area contributed by atoms with E-state index in [0.717, 1.165) is 32.0 Å². The smallest absolute Gasteiger partial charge is 0.269 e. The summed E-state index contributed by atoms with van der Waals surface area (Å²) in [6.45, 7) is 3.10. The third-order valence-electron chi connectivity index (χ3n) is 2.94. The molecule has 1 fully saturated rings. The van der Waals surface area contributed by atoms with Crippen molar-refractivity contribution in [3.05, 3.63) is 17.8 Å². The molecule has 6 nitrogen and oxygen atoms in total. The number of nitrogens with zero attached hydrogens (tertiary/aromatic N) is 2. The number of hydrogen-bond donors (Lipinski definition) is 3. The second-order valence-corrected chi connectivity index (χ2v) is 4.24. The highest BCUT2D eigenvalue weighted by Gasteiger charge is 2.13. The van der Waals surface area contributed by atoms with E-state index >= 15 is 0 Å². The highest BCUT2D eigenvalue weighted by Crippen LogP contribution is 2.12. The maximum atomic E-state index is 10.8. The predicted molar refractivity (Wildman–Crippen MR) is 64.6 cm³/mol. The Morgan fingerprint density at radius 2 is 2.41 bits per heavy atom. The van der Waals surface area contributed by atoms with Crippen LogP contribution in [0.4, 0.5) is 5.82 Å². The normalized spacial score (nSPS) is 19.2. The van der Waals surface area contributed by atoms with Gasteiger partial charge in [-0.15, -0.1) is 10.2 Å². The van der Waals surface area contributed by atoms with Crippen LogP contribution in [-0.2, 0) is 0 Å². The van der Waals surface area contributed by atoms with Crippen LogP contribution in [0.5, 0.6) is 0 Å². The van der Waals surface area contributed by atoms with Crippen LogP contribution >= 0.6 is 0 Å². The van der Waals surface area contributed by atoms with E-state index in [0.29, 0.717) is 5.82 Å². The molecule has 17 heavy (non-hydrogen) atoms. The Labute approximate surface area is 100.0 Å². The molecular formula is C11H17N5O. The third-order valence-corrected chi connectivity index (χ3v) is 2.94. The molecule has 92 valence electrons. The van der Waals surface area contributed by atoms with Crippen molar-refractivity contribution in [2.75, 3.05) is 25.0 Å². The molecule has 1 unspecified atom stereocenters. The molecule has 1 aromatic heterocycles. The van der Waals surface area contributed by atoms with Crippen LogP contribution in [0.1, 0.15) is 23.3 Å². The van der Waals surface area contributed by atoms with Crippen molar-refractivity contribution in [2.45, 2.75) is 12.8 Å². The van der Waals surface area contributed by atoms with Gasteiger partial charge in [-0.25, -0.2) is 0 Å². The van der Waals surface area contributed by atoms with Crippen LogP contribution in [0.15, 0.2) is 12.1 Å².